The zero-order valence-corrected chi connectivity index (χ0v) is 14.2. The number of alkyl carbamates (subject to hydrolysis) is 1. The molecule has 0 radical (unpaired) electrons. The molecule has 0 saturated carbocycles. The SMILES string of the molecule is CCOC(=O)N[C@@H](CNC(=O)CCc1cccnc1)CC(C)C. The van der Waals surface area contributed by atoms with Crippen LogP contribution < -0.4 is 10.6 Å². The van der Waals surface area contributed by atoms with E-state index in [1.807, 2.05) is 12.1 Å². The summed E-state index contributed by atoms with van der Waals surface area (Å²) in [6, 6.07) is 3.68. The van der Waals surface area contributed by atoms with Gasteiger partial charge in [-0.1, -0.05) is 19.9 Å². The predicted molar refractivity (Wildman–Crippen MR) is 89.0 cm³/mol. The summed E-state index contributed by atoms with van der Waals surface area (Å²) in [4.78, 5) is 27.5. The molecule has 128 valence electrons. The van der Waals surface area contributed by atoms with E-state index in [4.69, 9.17) is 4.74 Å². The first-order valence-corrected chi connectivity index (χ1v) is 8.10. The standard InChI is InChI=1S/C17H27N3O3/c1-4-23-17(22)20-15(10-13(2)3)12-19-16(21)8-7-14-6-5-9-18-11-14/h5-6,9,11,13,15H,4,7-8,10,12H2,1-3H3,(H,19,21)(H,20,22)/t15-/m1/s1. The van der Waals surface area contributed by atoms with Crippen molar-refractivity contribution in [2.75, 3.05) is 13.2 Å². The van der Waals surface area contributed by atoms with E-state index in [1.165, 1.54) is 0 Å². The van der Waals surface area contributed by atoms with Gasteiger partial charge in [0.05, 0.1) is 6.61 Å². The van der Waals surface area contributed by atoms with Gasteiger partial charge in [-0.15, -0.1) is 0 Å². The number of aromatic nitrogens is 1. The molecule has 0 spiro atoms. The maximum atomic E-state index is 11.9. The molecule has 2 N–H and O–H groups in total. The average molecular weight is 321 g/mol. The number of aryl methyl sites for hydroxylation is 1. The Kier molecular flexibility index (Phi) is 8.72. The molecular formula is C17H27N3O3. The van der Waals surface area contributed by atoms with Crippen LogP contribution in [0.25, 0.3) is 0 Å². The summed E-state index contributed by atoms with van der Waals surface area (Å²) in [6.45, 7) is 6.64. The normalized spacial score (nSPS) is 11.8. The molecule has 23 heavy (non-hydrogen) atoms. The number of amides is 2. The molecule has 0 aliphatic carbocycles. The number of ether oxygens (including phenoxy) is 1. The van der Waals surface area contributed by atoms with Gasteiger partial charge in [0.25, 0.3) is 0 Å². The van der Waals surface area contributed by atoms with Crippen LogP contribution in [-0.4, -0.2) is 36.2 Å². The summed E-state index contributed by atoms with van der Waals surface area (Å²) in [6.07, 6.45) is 4.86. The van der Waals surface area contributed by atoms with E-state index in [9.17, 15) is 9.59 Å². The number of hydrogen-bond acceptors (Lipinski definition) is 4. The van der Waals surface area contributed by atoms with Crippen molar-refractivity contribution in [3.05, 3.63) is 30.1 Å². The van der Waals surface area contributed by atoms with Crippen LogP contribution >= 0.6 is 0 Å². The molecule has 1 heterocycles. The van der Waals surface area contributed by atoms with Crippen molar-refractivity contribution < 1.29 is 14.3 Å². The summed E-state index contributed by atoms with van der Waals surface area (Å²) < 4.78 is 4.90. The van der Waals surface area contributed by atoms with Crippen LogP contribution in [0, 0.1) is 5.92 Å². The highest BCUT2D eigenvalue weighted by molar-refractivity contribution is 5.76. The second kappa shape index (κ2) is 10.6. The van der Waals surface area contributed by atoms with Crippen LogP contribution in [0.1, 0.15) is 39.2 Å². The lowest BCUT2D eigenvalue weighted by Crippen LogP contribution is -2.44. The van der Waals surface area contributed by atoms with Gasteiger partial charge < -0.3 is 15.4 Å². The molecule has 0 saturated heterocycles. The van der Waals surface area contributed by atoms with Gasteiger partial charge in [-0.05, 0) is 37.3 Å². The zero-order chi connectivity index (χ0) is 17.1. The van der Waals surface area contributed by atoms with Crippen LogP contribution in [0.5, 0.6) is 0 Å². The van der Waals surface area contributed by atoms with Crippen molar-refractivity contribution in [1.29, 1.82) is 0 Å². The fourth-order valence-electron chi connectivity index (χ4n) is 2.23. The van der Waals surface area contributed by atoms with Gasteiger partial charge in [0, 0.05) is 31.4 Å². The predicted octanol–water partition coefficient (Wildman–Crippen LogP) is 2.29. The minimum atomic E-state index is -0.442. The molecule has 1 aromatic heterocycles. The van der Waals surface area contributed by atoms with Crippen LogP contribution in [0.4, 0.5) is 4.79 Å². The Bertz CT molecular complexity index is 477. The molecule has 6 nitrogen and oxygen atoms in total. The molecule has 2 amide bonds. The number of pyridine rings is 1. The minimum absolute atomic E-state index is 0.0340. The molecule has 0 unspecified atom stereocenters. The third-order valence-corrected chi connectivity index (χ3v) is 3.26. The number of rotatable bonds is 9. The van der Waals surface area contributed by atoms with Gasteiger partial charge in [0.15, 0.2) is 0 Å². The largest absolute Gasteiger partial charge is 0.450 e. The number of nitrogens with one attached hydrogen (secondary N) is 2. The van der Waals surface area contributed by atoms with E-state index >= 15 is 0 Å². The van der Waals surface area contributed by atoms with Crippen LogP contribution in [0.3, 0.4) is 0 Å². The Morgan fingerprint density at radius 3 is 2.74 bits per heavy atom. The minimum Gasteiger partial charge on any atom is -0.450 e. The summed E-state index contributed by atoms with van der Waals surface area (Å²) in [5, 5.41) is 5.67. The first-order valence-electron chi connectivity index (χ1n) is 8.10. The average Bonchev–Trinajstić information content (AvgIpc) is 2.51. The van der Waals surface area contributed by atoms with Crippen LogP contribution in [0.2, 0.25) is 0 Å². The number of carbonyl (C=O) groups excluding carboxylic acids is 2. The molecule has 0 bridgehead atoms. The van der Waals surface area contributed by atoms with Gasteiger partial charge in [-0.2, -0.15) is 0 Å². The lowest BCUT2D eigenvalue weighted by Gasteiger charge is -2.20. The third-order valence-electron chi connectivity index (χ3n) is 3.26. The summed E-state index contributed by atoms with van der Waals surface area (Å²) >= 11 is 0. The van der Waals surface area contributed by atoms with E-state index in [-0.39, 0.29) is 11.9 Å². The summed E-state index contributed by atoms with van der Waals surface area (Å²) in [5.74, 6) is 0.377. The molecule has 1 aromatic rings. The molecule has 1 atom stereocenters. The van der Waals surface area contributed by atoms with E-state index < -0.39 is 6.09 Å². The van der Waals surface area contributed by atoms with Crippen molar-refractivity contribution >= 4 is 12.0 Å². The zero-order valence-electron chi connectivity index (χ0n) is 14.2. The molecule has 0 aromatic carbocycles. The highest BCUT2D eigenvalue weighted by Crippen LogP contribution is 2.05. The Hall–Kier alpha value is -2.11. The maximum absolute atomic E-state index is 11.9. The fraction of sp³-hybridized carbons (Fsp3) is 0.588. The monoisotopic (exact) mass is 321 g/mol. The smallest absolute Gasteiger partial charge is 0.407 e. The van der Waals surface area contributed by atoms with E-state index in [1.54, 1.807) is 19.3 Å². The number of nitrogens with zero attached hydrogens (tertiary/aromatic N) is 1. The highest BCUT2D eigenvalue weighted by Gasteiger charge is 2.15. The van der Waals surface area contributed by atoms with E-state index in [2.05, 4.69) is 29.5 Å². The summed E-state index contributed by atoms with van der Waals surface area (Å²) in [5.41, 5.74) is 1.03. The Labute approximate surface area is 138 Å². The molecule has 0 aliphatic heterocycles. The second-order valence-corrected chi connectivity index (χ2v) is 5.86. The van der Waals surface area contributed by atoms with Gasteiger partial charge >= 0.3 is 6.09 Å². The topological polar surface area (TPSA) is 80.3 Å². The van der Waals surface area contributed by atoms with Crippen LogP contribution in [0.15, 0.2) is 24.5 Å². The lowest BCUT2D eigenvalue weighted by molar-refractivity contribution is -0.121. The van der Waals surface area contributed by atoms with Crippen molar-refractivity contribution in [2.24, 2.45) is 5.92 Å². The molecule has 1 rings (SSSR count). The van der Waals surface area contributed by atoms with Gasteiger partial charge in [-0.25, -0.2) is 4.79 Å². The molecule has 0 fully saturated rings. The number of carbonyl (C=O) groups is 2. The quantitative estimate of drug-likeness (QED) is 0.731. The van der Waals surface area contributed by atoms with Crippen LogP contribution in [-0.2, 0) is 16.0 Å². The summed E-state index contributed by atoms with van der Waals surface area (Å²) in [7, 11) is 0. The first-order chi connectivity index (χ1) is 11.0. The van der Waals surface area contributed by atoms with Crippen molar-refractivity contribution in [3.8, 4) is 0 Å². The maximum Gasteiger partial charge on any atom is 0.407 e. The fourth-order valence-corrected chi connectivity index (χ4v) is 2.23. The molecule has 6 heteroatoms. The Morgan fingerprint density at radius 1 is 1.35 bits per heavy atom. The van der Waals surface area contributed by atoms with Gasteiger partial charge in [0.2, 0.25) is 5.91 Å². The number of hydrogen-bond donors (Lipinski definition) is 2. The molecule has 0 aliphatic rings. The van der Waals surface area contributed by atoms with Gasteiger partial charge in [-0.3, -0.25) is 9.78 Å². The Morgan fingerprint density at radius 2 is 2.13 bits per heavy atom. The van der Waals surface area contributed by atoms with Crippen molar-refractivity contribution in [2.45, 2.75) is 46.1 Å². The van der Waals surface area contributed by atoms with E-state index in [0.717, 1.165) is 12.0 Å². The van der Waals surface area contributed by atoms with Crippen molar-refractivity contribution in [3.63, 3.8) is 0 Å². The van der Waals surface area contributed by atoms with Gasteiger partial charge in [0.1, 0.15) is 0 Å². The Balaban J connectivity index is 2.37. The lowest BCUT2D eigenvalue weighted by atomic mass is 10.0. The highest BCUT2D eigenvalue weighted by atomic mass is 16.5. The third kappa shape index (κ3) is 8.80. The first kappa shape index (κ1) is 18.9. The molecular weight excluding hydrogens is 294 g/mol. The van der Waals surface area contributed by atoms with Crippen molar-refractivity contribution in [1.82, 2.24) is 15.6 Å². The second-order valence-electron chi connectivity index (χ2n) is 5.86. The van der Waals surface area contributed by atoms with E-state index in [0.29, 0.717) is 31.9 Å².